The van der Waals surface area contributed by atoms with Crippen molar-refractivity contribution in [1.29, 1.82) is 0 Å². The van der Waals surface area contributed by atoms with Crippen molar-refractivity contribution in [2.24, 2.45) is 7.05 Å². The number of halogens is 2. The van der Waals surface area contributed by atoms with Gasteiger partial charge in [0.1, 0.15) is 5.75 Å². The summed E-state index contributed by atoms with van der Waals surface area (Å²) in [6.45, 7) is 2.19. The van der Waals surface area contributed by atoms with Crippen LogP contribution in [0.2, 0.25) is 10.0 Å². The van der Waals surface area contributed by atoms with Gasteiger partial charge in [0.05, 0.1) is 11.1 Å². The third-order valence-corrected chi connectivity index (χ3v) is 6.20. The molecule has 1 N–H and O–H groups in total. The Morgan fingerprint density at radius 2 is 1.94 bits per heavy atom. The quantitative estimate of drug-likeness (QED) is 0.562. The van der Waals surface area contributed by atoms with Crippen molar-refractivity contribution in [3.05, 3.63) is 87.7 Å². The normalized spacial score (nSPS) is 14.7. The Kier molecular flexibility index (Phi) is 6.86. The highest BCUT2D eigenvalue weighted by Gasteiger charge is 2.26. The molecule has 162 valence electrons. The molecule has 0 saturated carbocycles. The number of nitrogens with one attached hydrogen (secondary N) is 1. The molecule has 2 heterocycles. The molecule has 0 aliphatic carbocycles. The number of aromatic nitrogens is 1. The third kappa shape index (κ3) is 5.24. The molecule has 0 spiro atoms. The van der Waals surface area contributed by atoms with Gasteiger partial charge >= 0.3 is 0 Å². The van der Waals surface area contributed by atoms with Crippen molar-refractivity contribution < 1.29 is 9.53 Å². The van der Waals surface area contributed by atoms with Crippen LogP contribution in [0.4, 0.5) is 0 Å². The van der Waals surface area contributed by atoms with Crippen molar-refractivity contribution in [3.8, 4) is 5.75 Å². The minimum Gasteiger partial charge on any atom is -0.482 e. The Balaban J connectivity index is 1.41. The second-order valence-electron chi connectivity index (χ2n) is 7.72. The fourth-order valence-electron chi connectivity index (χ4n) is 4.02. The number of hydrogen-bond acceptors (Lipinski definition) is 3. The Morgan fingerprint density at radius 3 is 2.68 bits per heavy atom. The number of rotatable bonds is 7. The fourth-order valence-corrected chi connectivity index (χ4v) is 4.48. The van der Waals surface area contributed by atoms with Crippen molar-refractivity contribution in [3.63, 3.8) is 0 Å². The van der Waals surface area contributed by atoms with Crippen LogP contribution in [0, 0.1) is 0 Å². The highest BCUT2D eigenvalue weighted by molar-refractivity contribution is 6.35. The molecule has 1 aromatic heterocycles. The molecule has 0 saturated heterocycles. The van der Waals surface area contributed by atoms with E-state index in [-0.39, 0.29) is 18.6 Å². The molecule has 7 heteroatoms. The lowest BCUT2D eigenvalue weighted by atomic mass is 9.98. The lowest BCUT2D eigenvalue weighted by Gasteiger charge is -2.36. The predicted molar refractivity (Wildman–Crippen MR) is 124 cm³/mol. The minimum atomic E-state index is -0.192. The number of carbonyl (C=O) groups excluding carboxylic acids is 1. The van der Waals surface area contributed by atoms with Crippen molar-refractivity contribution in [2.45, 2.75) is 19.0 Å². The van der Waals surface area contributed by atoms with Crippen LogP contribution < -0.4 is 10.1 Å². The van der Waals surface area contributed by atoms with E-state index in [9.17, 15) is 4.79 Å². The zero-order valence-electron chi connectivity index (χ0n) is 17.4. The van der Waals surface area contributed by atoms with E-state index in [4.69, 9.17) is 27.9 Å². The molecule has 0 radical (unpaired) electrons. The molecule has 0 bridgehead atoms. The van der Waals surface area contributed by atoms with Gasteiger partial charge in [-0.1, -0.05) is 47.5 Å². The van der Waals surface area contributed by atoms with E-state index in [1.165, 1.54) is 16.8 Å². The molecular weight excluding hydrogens is 433 g/mol. The third-order valence-electron chi connectivity index (χ3n) is 5.67. The van der Waals surface area contributed by atoms with Crippen LogP contribution >= 0.6 is 23.2 Å². The average Bonchev–Trinajstić information content (AvgIpc) is 3.19. The maximum absolute atomic E-state index is 12.5. The van der Waals surface area contributed by atoms with Gasteiger partial charge in [0.25, 0.3) is 5.91 Å². The first-order valence-corrected chi connectivity index (χ1v) is 11.0. The van der Waals surface area contributed by atoms with Gasteiger partial charge < -0.3 is 14.6 Å². The van der Waals surface area contributed by atoms with Crippen molar-refractivity contribution >= 4 is 29.1 Å². The van der Waals surface area contributed by atoms with E-state index >= 15 is 0 Å². The standard InChI is InChI=1S/C24H25Cl2N3O2/c1-28-11-4-7-21(28)22(29-12-10-17-5-2-3-6-18(17)15-29)14-27-24(30)16-31-23-9-8-19(25)13-20(23)26/h2-9,11,13,22H,10,12,14-16H2,1H3,(H,27,30). The molecular formula is C24H25Cl2N3O2. The smallest absolute Gasteiger partial charge is 0.258 e. The van der Waals surface area contributed by atoms with Gasteiger partial charge in [-0.15, -0.1) is 0 Å². The summed E-state index contributed by atoms with van der Waals surface area (Å²) >= 11 is 12.0. The summed E-state index contributed by atoms with van der Waals surface area (Å²) in [7, 11) is 2.04. The second kappa shape index (κ2) is 9.77. The Labute approximate surface area is 192 Å². The van der Waals surface area contributed by atoms with Gasteiger partial charge in [0, 0.05) is 43.6 Å². The Morgan fingerprint density at radius 1 is 1.13 bits per heavy atom. The molecule has 2 aromatic carbocycles. The van der Waals surface area contributed by atoms with Crippen LogP contribution in [-0.2, 0) is 24.8 Å². The largest absolute Gasteiger partial charge is 0.482 e. The van der Waals surface area contributed by atoms with Crippen LogP contribution in [0.5, 0.6) is 5.75 Å². The number of carbonyl (C=O) groups is 1. The number of benzene rings is 2. The van der Waals surface area contributed by atoms with E-state index in [2.05, 4.69) is 45.1 Å². The average molecular weight is 458 g/mol. The first-order chi connectivity index (χ1) is 15.0. The highest BCUT2D eigenvalue weighted by atomic mass is 35.5. The van der Waals surface area contributed by atoms with E-state index in [0.29, 0.717) is 22.3 Å². The van der Waals surface area contributed by atoms with Gasteiger partial charge in [-0.3, -0.25) is 9.69 Å². The zero-order valence-corrected chi connectivity index (χ0v) is 18.9. The molecule has 1 unspecified atom stereocenters. The fraction of sp³-hybridized carbons (Fsp3) is 0.292. The monoisotopic (exact) mass is 457 g/mol. The van der Waals surface area contributed by atoms with Crippen LogP contribution in [0.15, 0.2) is 60.8 Å². The molecule has 1 atom stereocenters. The van der Waals surface area contributed by atoms with Crippen molar-refractivity contribution in [1.82, 2.24) is 14.8 Å². The number of fused-ring (bicyclic) bond motifs is 1. The number of nitrogens with zero attached hydrogens (tertiary/aromatic N) is 2. The van der Waals surface area contributed by atoms with Crippen LogP contribution in [0.1, 0.15) is 22.9 Å². The molecule has 4 rings (SSSR count). The highest BCUT2D eigenvalue weighted by Crippen LogP contribution is 2.29. The molecule has 5 nitrogen and oxygen atoms in total. The maximum Gasteiger partial charge on any atom is 0.258 e. The zero-order chi connectivity index (χ0) is 21.8. The first kappa shape index (κ1) is 21.8. The second-order valence-corrected chi connectivity index (χ2v) is 8.56. The van der Waals surface area contributed by atoms with Crippen molar-refractivity contribution in [2.75, 3.05) is 19.7 Å². The van der Waals surface area contributed by atoms with E-state index in [1.807, 2.05) is 19.3 Å². The minimum absolute atomic E-state index is 0.0661. The predicted octanol–water partition coefficient (Wildman–Crippen LogP) is 4.63. The molecule has 1 amide bonds. The summed E-state index contributed by atoms with van der Waals surface area (Å²) in [6.07, 6.45) is 3.04. The van der Waals surface area contributed by atoms with Crippen LogP contribution in [-0.4, -0.2) is 35.1 Å². The van der Waals surface area contributed by atoms with E-state index in [1.54, 1.807) is 18.2 Å². The summed E-state index contributed by atoms with van der Waals surface area (Å²) in [5, 5.41) is 3.94. The van der Waals surface area contributed by atoms with E-state index < -0.39 is 0 Å². The van der Waals surface area contributed by atoms with Crippen LogP contribution in [0.3, 0.4) is 0 Å². The molecule has 1 aliphatic rings. The number of amides is 1. The van der Waals surface area contributed by atoms with Gasteiger partial charge in [-0.2, -0.15) is 0 Å². The van der Waals surface area contributed by atoms with Gasteiger partial charge in [-0.05, 0) is 47.9 Å². The summed E-state index contributed by atoms with van der Waals surface area (Å²) in [4.78, 5) is 14.9. The van der Waals surface area contributed by atoms with E-state index in [0.717, 1.165) is 19.5 Å². The summed E-state index contributed by atoms with van der Waals surface area (Å²) in [5.41, 5.74) is 3.92. The number of aryl methyl sites for hydroxylation is 1. The molecule has 3 aromatic rings. The summed E-state index contributed by atoms with van der Waals surface area (Å²) in [6, 6.07) is 17.7. The lowest BCUT2D eigenvalue weighted by molar-refractivity contribution is -0.123. The Bertz CT molecular complexity index is 1070. The van der Waals surface area contributed by atoms with Gasteiger partial charge in [-0.25, -0.2) is 0 Å². The molecule has 0 fully saturated rings. The SMILES string of the molecule is Cn1cccc1C(CNC(=O)COc1ccc(Cl)cc1Cl)N1CCc2ccccc2C1. The Hall–Kier alpha value is -2.47. The lowest BCUT2D eigenvalue weighted by Crippen LogP contribution is -2.42. The molecule has 31 heavy (non-hydrogen) atoms. The van der Waals surface area contributed by atoms with Crippen LogP contribution in [0.25, 0.3) is 0 Å². The molecule has 1 aliphatic heterocycles. The summed E-state index contributed by atoms with van der Waals surface area (Å²) < 4.78 is 7.68. The topological polar surface area (TPSA) is 46.5 Å². The maximum atomic E-state index is 12.5. The van der Waals surface area contributed by atoms with Gasteiger partial charge in [0.15, 0.2) is 6.61 Å². The number of ether oxygens (including phenoxy) is 1. The van der Waals surface area contributed by atoms with Gasteiger partial charge in [0.2, 0.25) is 0 Å². The first-order valence-electron chi connectivity index (χ1n) is 10.3. The number of hydrogen-bond donors (Lipinski definition) is 1. The summed E-state index contributed by atoms with van der Waals surface area (Å²) in [5.74, 6) is 0.246.